The molecule has 7 nitrogen and oxygen atoms in total. The molecule has 0 radical (unpaired) electrons. The van der Waals surface area contributed by atoms with E-state index in [4.69, 9.17) is 14.5 Å². The van der Waals surface area contributed by atoms with E-state index >= 15 is 0 Å². The highest BCUT2D eigenvalue weighted by Crippen LogP contribution is 2.44. The highest BCUT2D eigenvalue weighted by atomic mass is 19.1. The van der Waals surface area contributed by atoms with Gasteiger partial charge < -0.3 is 19.7 Å². The Hall–Kier alpha value is -3.68. The second-order valence-electron chi connectivity index (χ2n) is 7.96. The molecule has 0 unspecified atom stereocenters. The van der Waals surface area contributed by atoms with Gasteiger partial charge in [0.15, 0.2) is 5.82 Å². The molecule has 2 amide bonds. The van der Waals surface area contributed by atoms with Crippen LogP contribution in [0.3, 0.4) is 0 Å². The van der Waals surface area contributed by atoms with E-state index in [0.29, 0.717) is 29.4 Å². The van der Waals surface area contributed by atoms with Crippen LogP contribution in [0.15, 0.2) is 48.7 Å². The molecular weight excluding hydrogens is 411 g/mol. The van der Waals surface area contributed by atoms with Crippen molar-refractivity contribution in [1.29, 1.82) is 0 Å². The number of hydrogen-bond acceptors (Lipinski definition) is 5. The molecule has 2 aliphatic rings. The number of urea groups is 1. The Morgan fingerprint density at radius 2 is 1.94 bits per heavy atom. The second-order valence-corrected chi connectivity index (χ2v) is 7.96. The summed E-state index contributed by atoms with van der Waals surface area (Å²) in [6, 6.07) is 11.3. The summed E-state index contributed by atoms with van der Waals surface area (Å²) in [5.74, 6) is 1.47. The molecule has 2 aromatic carbocycles. The third kappa shape index (κ3) is 3.51. The monoisotopic (exact) mass is 434 g/mol. The number of benzene rings is 2. The van der Waals surface area contributed by atoms with E-state index < -0.39 is 0 Å². The molecule has 5 rings (SSSR count). The second kappa shape index (κ2) is 8.11. The smallest absolute Gasteiger partial charge is 0.322 e. The van der Waals surface area contributed by atoms with E-state index in [1.165, 1.54) is 12.1 Å². The first-order valence-electron chi connectivity index (χ1n) is 10.5. The molecule has 0 saturated carbocycles. The lowest BCUT2D eigenvalue weighted by Gasteiger charge is -2.35. The third-order valence-electron chi connectivity index (χ3n) is 6.18. The summed E-state index contributed by atoms with van der Waals surface area (Å²) in [7, 11) is 3.14. The molecule has 0 aliphatic carbocycles. The fraction of sp³-hybridized carbons (Fsp3) is 0.292. The van der Waals surface area contributed by atoms with Crippen molar-refractivity contribution >= 4 is 11.7 Å². The Morgan fingerprint density at radius 1 is 1.12 bits per heavy atom. The third-order valence-corrected chi connectivity index (χ3v) is 6.18. The van der Waals surface area contributed by atoms with E-state index in [9.17, 15) is 9.18 Å². The number of ether oxygens (including phenoxy) is 2. The fourth-order valence-electron chi connectivity index (χ4n) is 4.61. The summed E-state index contributed by atoms with van der Waals surface area (Å²) in [6.45, 7) is 0. The van der Waals surface area contributed by atoms with E-state index in [-0.39, 0.29) is 23.9 Å². The zero-order chi connectivity index (χ0) is 22.2. The highest BCUT2D eigenvalue weighted by molar-refractivity contribution is 5.92. The van der Waals surface area contributed by atoms with Gasteiger partial charge in [0, 0.05) is 35.9 Å². The Balaban J connectivity index is 1.39. The summed E-state index contributed by atoms with van der Waals surface area (Å²) < 4.78 is 23.9. The highest BCUT2D eigenvalue weighted by Gasteiger charge is 2.43. The first-order chi connectivity index (χ1) is 15.6. The average Bonchev–Trinajstić information content (AvgIpc) is 3.14. The van der Waals surface area contributed by atoms with Crippen molar-refractivity contribution in [3.63, 3.8) is 0 Å². The van der Waals surface area contributed by atoms with Crippen molar-refractivity contribution in [2.45, 2.75) is 31.3 Å². The number of halogens is 1. The van der Waals surface area contributed by atoms with Crippen molar-refractivity contribution < 1.29 is 18.7 Å². The van der Waals surface area contributed by atoms with Crippen LogP contribution in [0.2, 0.25) is 0 Å². The lowest BCUT2D eigenvalue weighted by molar-refractivity contribution is 0.178. The van der Waals surface area contributed by atoms with Crippen molar-refractivity contribution in [1.82, 2.24) is 14.9 Å². The number of aromatic nitrogens is 2. The Morgan fingerprint density at radius 3 is 2.69 bits per heavy atom. The van der Waals surface area contributed by atoms with Crippen molar-refractivity contribution in [2.24, 2.45) is 0 Å². The van der Waals surface area contributed by atoms with Crippen LogP contribution < -0.4 is 14.8 Å². The first kappa shape index (κ1) is 20.2. The first-order valence-corrected chi connectivity index (χ1v) is 10.5. The van der Waals surface area contributed by atoms with Crippen molar-refractivity contribution in [3.8, 4) is 22.9 Å². The van der Waals surface area contributed by atoms with Crippen LogP contribution in [0.4, 0.5) is 14.9 Å². The normalized spacial score (nSPS) is 18.8. The van der Waals surface area contributed by atoms with Crippen molar-refractivity contribution in [3.05, 3.63) is 65.7 Å². The number of amides is 2. The van der Waals surface area contributed by atoms with Crippen molar-refractivity contribution in [2.75, 3.05) is 19.5 Å². The SMILES string of the molecule is COc1ccc(NC(=O)N2[C@H]3CC[C@@H]2c2cnc(-c4ccc(F)cc4)nc2C3)c(OC)c1. The van der Waals surface area contributed by atoms with Gasteiger partial charge in [0.25, 0.3) is 0 Å². The number of rotatable bonds is 4. The maximum absolute atomic E-state index is 13.2. The molecule has 1 N–H and O–H groups in total. The molecule has 32 heavy (non-hydrogen) atoms. The average molecular weight is 434 g/mol. The van der Waals surface area contributed by atoms with E-state index in [0.717, 1.165) is 29.7 Å². The van der Waals surface area contributed by atoms with Crippen LogP contribution >= 0.6 is 0 Å². The number of fused-ring (bicyclic) bond motifs is 4. The van der Waals surface area contributed by atoms with Gasteiger partial charge in [-0.3, -0.25) is 0 Å². The summed E-state index contributed by atoms with van der Waals surface area (Å²) in [6.07, 6.45) is 4.24. The predicted molar refractivity (Wildman–Crippen MR) is 117 cm³/mol. The van der Waals surface area contributed by atoms with Gasteiger partial charge in [0.05, 0.1) is 31.6 Å². The number of anilines is 1. The number of carbonyl (C=O) groups is 1. The van der Waals surface area contributed by atoms with Crippen LogP contribution in [0.1, 0.15) is 30.1 Å². The van der Waals surface area contributed by atoms with Crippen LogP contribution in [0, 0.1) is 5.82 Å². The molecule has 3 aromatic rings. The number of nitrogens with zero attached hydrogens (tertiary/aromatic N) is 3. The molecular formula is C24H23FN4O3. The number of methoxy groups -OCH3 is 2. The van der Waals surface area contributed by atoms with Gasteiger partial charge in [-0.1, -0.05) is 0 Å². The molecule has 1 fully saturated rings. The Bertz CT molecular complexity index is 1170. The largest absolute Gasteiger partial charge is 0.497 e. The number of carbonyl (C=O) groups excluding carboxylic acids is 1. The number of nitrogens with one attached hydrogen (secondary N) is 1. The summed E-state index contributed by atoms with van der Waals surface area (Å²) in [4.78, 5) is 24.4. The molecule has 0 spiro atoms. The minimum atomic E-state index is -0.292. The zero-order valence-corrected chi connectivity index (χ0v) is 17.8. The summed E-state index contributed by atoms with van der Waals surface area (Å²) in [5.41, 5.74) is 3.29. The van der Waals surface area contributed by atoms with Gasteiger partial charge in [0.1, 0.15) is 17.3 Å². The zero-order valence-electron chi connectivity index (χ0n) is 17.8. The van der Waals surface area contributed by atoms with Crippen LogP contribution in [-0.2, 0) is 6.42 Å². The van der Waals surface area contributed by atoms with Gasteiger partial charge in [0.2, 0.25) is 0 Å². The molecule has 8 heteroatoms. The topological polar surface area (TPSA) is 76.6 Å². The molecule has 164 valence electrons. The van der Waals surface area contributed by atoms with Crippen LogP contribution in [0.5, 0.6) is 11.5 Å². The summed E-state index contributed by atoms with van der Waals surface area (Å²) in [5, 5.41) is 2.99. The van der Waals surface area contributed by atoms with Gasteiger partial charge in [-0.25, -0.2) is 19.2 Å². The number of hydrogen-bond donors (Lipinski definition) is 1. The van der Waals surface area contributed by atoms with Gasteiger partial charge in [-0.15, -0.1) is 0 Å². The standard InChI is InChI=1S/C24H23FN4O3/c1-31-17-8-9-19(22(12-17)32-2)28-24(30)29-16-7-10-21(29)18-13-26-23(27-20(18)11-16)14-3-5-15(25)6-4-14/h3-6,8-9,12-13,16,21H,7,10-11H2,1-2H3,(H,28,30)/t16-,21+/m0/s1. The maximum Gasteiger partial charge on any atom is 0.322 e. The van der Waals surface area contributed by atoms with E-state index in [1.807, 2.05) is 11.1 Å². The quantitative estimate of drug-likeness (QED) is 0.650. The molecule has 2 atom stereocenters. The Kier molecular flexibility index (Phi) is 5.13. The fourth-order valence-corrected chi connectivity index (χ4v) is 4.61. The minimum Gasteiger partial charge on any atom is -0.497 e. The predicted octanol–water partition coefficient (Wildman–Crippen LogP) is 4.59. The molecule has 3 heterocycles. The van der Waals surface area contributed by atoms with Gasteiger partial charge >= 0.3 is 6.03 Å². The Labute approximate surface area is 185 Å². The minimum absolute atomic E-state index is 0.0627. The summed E-state index contributed by atoms with van der Waals surface area (Å²) >= 11 is 0. The molecule has 1 saturated heterocycles. The van der Waals surface area contributed by atoms with Crippen LogP contribution in [0.25, 0.3) is 11.4 Å². The van der Waals surface area contributed by atoms with Gasteiger partial charge in [-0.2, -0.15) is 0 Å². The molecule has 2 aliphatic heterocycles. The lowest BCUT2D eigenvalue weighted by Crippen LogP contribution is -2.44. The maximum atomic E-state index is 13.2. The van der Waals surface area contributed by atoms with Crippen LogP contribution in [-0.4, -0.2) is 41.2 Å². The van der Waals surface area contributed by atoms with Gasteiger partial charge in [-0.05, 0) is 49.2 Å². The molecule has 2 bridgehead atoms. The van der Waals surface area contributed by atoms with E-state index in [2.05, 4.69) is 10.3 Å². The molecule has 1 aromatic heterocycles. The van der Waals surface area contributed by atoms with E-state index in [1.54, 1.807) is 44.6 Å². The lowest BCUT2D eigenvalue weighted by atomic mass is 9.99.